The second-order valence-electron chi connectivity index (χ2n) is 4.16. The van der Waals surface area contributed by atoms with Gasteiger partial charge >= 0.3 is 0 Å². The average molecular weight is 268 g/mol. The quantitative estimate of drug-likeness (QED) is 0.790. The standard InChI is InChI=1S/C15H12N2O3/c1-19-14-8-12(9-17-15(14)18)20-11-4-5-13-10(7-11)3-2-6-16-13/h2-9H,1H3,(H,17,18). The number of pyridine rings is 2. The first-order chi connectivity index (χ1) is 9.76. The van der Waals surface area contributed by atoms with Crippen LogP contribution in [0, 0.1) is 0 Å². The third-order valence-corrected chi connectivity index (χ3v) is 2.84. The molecule has 0 aliphatic rings. The minimum atomic E-state index is -0.164. The Morgan fingerprint density at radius 3 is 2.80 bits per heavy atom. The maximum Gasteiger partial charge on any atom is 0.254 e. The van der Waals surface area contributed by atoms with Gasteiger partial charge in [-0.25, -0.2) is 4.98 Å². The Labute approximate surface area is 115 Å². The molecule has 20 heavy (non-hydrogen) atoms. The molecule has 5 heteroatoms. The molecule has 0 radical (unpaired) electrons. The molecule has 1 aromatic carbocycles. The third-order valence-electron chi connectivity index (χ3n) is 2.84. The maximum absolute atomic E-state index is 9.44. The summed E-state index contributed by atoms with van der Waals surface area (Å²) in [7, 11) is 1.46. The first-order valence-electron chi connectivity index (χ1n) is 6.02. The molecule has 0 atom stereocenters. The van der Waals surface area contributed by atoms with Gasteiger partial charge in [0, 0.05) is 17.6 Å². The Morgan fingerprint density at radius 1 is 1.05 bits per heavy atom. The number of methoxy groups -OCH3 is 1. The van der Waals surface area contributed by atoms with E-state index in [1.807, 2.05) is 30.3 Å². The molecule has 2 heterocycles. The molecule has 100 valence electrons. The van der Waals surface area contributed by atoms with Gasteiger partial charge in [0.15, 0.2) is 5.75 Å². The summed E-state index contributed by atoms with van der Waals surface area (Å²) in [6.45, 7) is 0. The fourth-order valence-electron chi connectivity index (χ4n) is 1.88. The second kappa shape index (κ2) is 5.05. The molecule has 0 aliphatic heterocycles. The van der Waals surface area contributed by atoms with Crippen molar-refractivity contribution in [3.8, 4) is 23.1 Å². The summed E-state index contributed by atoms with van der Waals surface area (Å²) in [4.78, 5) is 8.05. The average Bonchev–Trinajstić information content (AvgIpc) is 2.49. The molecule has 3 rings (SSSR count). The van der Waals surface area contributed by atoms with Gasteiger partial charge in [-0.2, -0.15) is 0 Å². The van der Waals surface area contributed by atoms with Crippen molar-refractivity contribution >= 4 is 10.9 Å². The van der Waals surface area contributed by atoms with E-state index in [0.717, 1.165) is 10.9 Å². The van der Waals surface area contributed by atoms with Gasteiger partial charge in [0.25, 0.3) is 5.88 Å². The lowest BCUT2D eigenvalue weighted by Crippen LogP contribution is -1.90. The molecule has 1 N–H and O–H groups in total. The van der Waals surface area contributed by atoms with E-state index < -0.39 is 0 Å². The van der Waals surface area contributed by atoms with Crippen LogP contribution in [0.3, 0.4) is 0 Å². The Kier molecular flexibility index (Phi) is 3.09. The van der Waals surface area contributed by atoms with Crippen molar-refractivity contribution in [1.82, 2.24) is 9.97 Å². The van der Waals surface area contributed by atoms with Gasteiger partial charge in [-0.05, 0) is 24.3 Å². The van der Waals surface area contributed by atoms with Crippen LogP contribution < -0.4 is 9.47 Å². The monoisotopic (exact) mass is 268 g/mol. The Balaban J connectivity index is 1.92. The summed E-state index contributed by atoms with van der Waals surface area (Å²) in [5.74, 6) is 1.26. The summed E-state index contributed by atoms with van der Waals surface area (Å²) in [6.07, 6.45) is 3.18. The van der Waals surface area contributed by atoms with Crippen LogP contribution >= 0.6 is 0 Å². The molecule has 0 saturated heterocycles. The molecule has 0 amide bonds. The maximum atomic E-state index is 9.44. The first-order valence-corrected chi connectivity index (χ1v) is 6.02. The Morgan fingerprint density at radius 2 is 1.95 bits per heavy atom. The van der Waals surface area contributed by atoms with Crippen LogP contribution in [-0.4, -0.2) is 22.2 Å². The lowest BCUT2D eigenvalue weighted by atomic mass is 10.2. The number of benzene rings is 1. The van der Waals surface area contributed by atoms with Crippen LogP contribution in [0.25, 0.3) is 10.9 Å². The fourth-order valence-corrected chi connectivity index (χ4v) is 1.88. The van der Waals surface area contributed by atoms with E-state index in [9.17, 15) is 5.11 Å². The molecule has 0 aliphatic carbocycles. The largest absolute Gasteiger partial charge is 0.491 e. The Hall–Kier alpha value is -2.82. The highest BCUT2D eigenvalue weighted by Gasteiger charge is 2.06. The van der Waals surface area contributed by atoms with E-state index in [1.54, 1.807) is 12.3 Å². The van der Waals surface area contributed by atoms with Gasteiger partial charge in [-0.1, -0.05) is 6.07 Å². The highest BCUT2D eigenvalue weighted by atomic mass is 16.5. The molecule has 0 spiro atoms. The van der Waals surface area contributed by atoms with E-state index in [-0.39, 0.29) is 11.6 Å². The normalized spacial score (nSPS) is 10.4. The lowest BCUT2D eigenvalue weighted by Gasteiger charge is -2.08. The molecular formula is C15H12N2O3. The number of aromatic hydroxyl groups is 1. The van der Waals surface area contributed by atoms with Crippen molar-refractivity contribution in [3.05, 3.63) is 48.8 Å². The topological polar surface area (TPSA) is 64.5 Å². The van der Waals surface area contributed by atoms with E-state index in [1.165, 1.54) is 13.3 Å². The smallest absolute Gasteiger partial charge is 0.254 e. The molecule has 0 bridgehead atoms. The minimum absolute atomic E-state index is 0.164. The van der Waals surface area contributed by atoms with E-state index in [0.29, 0.717) is 11.5 Å². The lowest BCUT2D eigenvalue weighted by molar-refractivity contribution is 0.358. The van der Waals surface area contributed by atoms with Gasteiger partial charge in [-0.3, -0.25) is 4.98 Å². The van der Waals surface area contributed by atoms with Crippen molar-refractivity contribution in [1.29, 1.82) is 0 Å². The van der Waals surface area contributed by atoms with Crippen molar-refractivity contribution in [2.45, 2.75) is 0 Å². The molecule has 5 nitrogen and oxygen atoms in total. The zero-order chi connectivity index (χ0) is 13.9. The van der Waals surface area contributed by atoms with E-state index in [4.69, 9.17) is 9.47 Å². The number of hydrogen-bond donors (Lipinski definition) is 1. The van der Waals surface area contributed by atoms with Gasteiger partial charge in [0.2, 0.25) is 0 Å². The summed E-state index contributed by atoms with van der Waals surface area (Å²) >= 11 is 0. The number of fused-ring (bicyclic) bond motifs is 1. The summed E-state index contributed by atoms with van der Waals surface area (Å²) in [5, 5.41) is 10.4. The van der Waals surface area contributed by atoms with E-state index in [2.05, 4.69) is 9.97 Å². The van der Waals surface area contributed by atoms with Crippen molar-refractivity contribution in [3.63, 3.8) is 0 Å². The highest BCUT2D eigenvalue weighted by Crippen LogP contribution is 2.30. The van der Waals surface area contributed by atoms with Crippen molar-refractivity contribution in [2.24, 2.45) is 0 Å². The predicted octanol–water partition coefficient (Wildman–Crippen LogP) is 3.14. The number of ether oxygens (including phenoxy) is 2. The Bertz CT molecular complexity index is 759. The molecule has 0 unspecified atom stereocenters. The summed E-state index contributed by atoms with van der Waals surface area (Å²) < 4.78 is 10.7. The zero-order valence-corrected chi connectivity index (χ0v) is 10.8. The predicted molar refractivity (Wildman–Crippen MR) is 74.3 cm³/mol. The number of nitrogens with zero attached hydrogens (tertiary/aromatic N) is 2. The molecular weight excluding hydrogens is 256 g/mol. The van der Waals surface area contributed by atoms with E-state index >= 15 is 0 Å². The molecule has 3 aromatic rings. The fraction of sp³-hybridized carbons (Fsp3) is 0.0667. The van der Waals surface area contributed by atoms with Gasteiger partial charge in [0.05, 0.1) is 18.8 Å². The summed E-state index contributed by atoms with van der Waals surface area (Å²) in [6, 6.07) is 11.0. The SMILES string of the molecule is COc1cc(Oc2ccc3ncccc3c2)cnc1O. The van der Waals surface area contributed by atoms with Crippen molar-refractivity contribution in [2.75, 3.05) is 7.11 Å². The molecule has 0 saturated carbocycles. The number of aromatic nitrogens is 2. The minimum Gasteiger partial charge on any atom is -0.491 e. The van der Waals surface area contributed by atoms with Crippen LogP contribution in [0.4, 0.5) is 0 Å². The van der Waals surface area contributed by atoms with Crippen LogP contribution in [0.15, 0.2) is 48.8 Å². The summed E-state index contributed by atoms with van der Waals surface area (Å²) in [5.41, 5.74) is 0.904. The van der Waals surface area contributed by atoms with Crippen LogP contribution in [0.5, 0.6) is 23.1 Å². The van der Waals surface area contributed by atoms with Gasteiger partial charge < -0.3 is 14.6 Å². The highest BCUT2D eigenvalue weighted by molar-refractivity contribution is 5.79. The zero-order valence-electron chi connectivity index (χ0n) is 10.8. The first kappa shape index (κ1) is 12.2. The second-order valence-corrected chi connectivity index (χ2v) is 4.16. The molecule has 0 fully saturated rings. The molecule has 2 aromatic heterocycles. The number of hydrogen-bond acceptors (Lipinski definition) is 5. The van der Waals surface area contributed by atoms with Gasteiger partial charge in [0.1, 0.15) is 11.5 Å². The van der Waals surface area contributed by atoms with Crippen LogP contribution in [0.1, 0.15) is 0 Å². The van der Waals surface area contributed by atoms with Crippen LogP contribution in [0.2, 0.25) is 0 Å². The van der Waals surface area contributed by atoms with Crippen molar-refractivity contribution < 1.29 is 14.6 Å². The third kappa shape index (κ3) is 2.33. The van der Waals surface area contributed by atoms with Gasteiger partial charge in [-0.15, -0.1) is 0 Å². The van der Waals surface area contributed by atoms with Crippen LogP contribution in [-0.2, 0) is 0 Å². The number of rotatable bonds is 3.